The van der Waals surface area contributed by atoms with Gasteiger partial charge in [-0.1, -0.05) is 13.0 Å². The smallest absolute Gasteiger partial charge is 0.418 e. The van der Waals surface area contributed by atoms with E-state index < -0.39 is 6.09 Å². The van der Waals surface area contributed by atoms with Crippen LogP contribution in [0.4, 0.5) is 10.6 Å². The molecule has 10 nitrogen and oxygen atoms in total. The van der Waals surface area contributed by atoms with Crippen molar-refractivity contribution in [2.75, 3.05) is 52.3 Å². The van der Waals surface area contributed by atoms with Crippen LogP contribution < -0.4 is 19.5 Å². The van der Waals surface area contributed by atoms with Crippen LogP contribution in [0.5, 0.6) is 17.2 Å². The van der Waals surface area contributed by atoms with Gasteiger partial charge in [0.1, 0.15) is 28.4 Å². The molecule has 39 heavy (non-hydrogen) atoms. The highest BCUT2D eigenvalue weighted by atomic mass is 16.6. The minimum atomic E-state index is -0.659. The number of benzene rings is 2. The summed E-state index contributed by atoms with van der Waals surface area (Å²) >= 11 is 0. The molecule has 2 aromatic heterocycles. The molecule has 0 atom stereocenters. The first-order chi connectivity index (χ1) is 19.1. The molecule has 0 unspecified atom stereocenters. The van der Waals surface area contributed by atoms with Gasteiger partial charge in [-0.05, 0) is 48.0 Å². The highest BCUT2D eigenvalue weighted by Gasteiger charge is 2.17. The average molecular weight is 529 g/mol. The number of rotatable bonds is 8. The minimum Gasteiger partial charge on any atom is -0.497 e. The van der Waals surface area contributed by atoms with Crippen molar-refractivity contribution in [3.05, 3.63) is 66.6 Å². The molecular weight excluding hydrogens is 496 g/mol. The number of carbonyl (C=O) groups is 1. The third kappa shape index (κ3) is 6.24. The first kappa shape index (κ1) is 26.3. The van der Waals surface area contributed by atoms with Gasteiger partial charge in [-0.3, -0.25) is 15.2 Å². The summed E-state index contributed by atoms with van der Waals surface area (Å²) in [6.07, 6.45) is 4.29. The molecule has 3 heterocycles. The highest BCUT2D eigenvalue weighted by molar-refractivity contribution is 5.97. The zero-order valence-electron chi connectivity index (χ0n) is 22.4. The van der Waals surface area contributed by atoms with Crippen molar-refractivity contribution in [3.8, 4) is 28.4 Å². The molecule has 4 aromatic rings. The number of piperazine rings is 1. The van der Waals surface area contributed by atoms with Gasteiger partial charge in [-0.2, -0.15) is 0 Å². The minimum absolute atomic E-state index is 0.289. The Morgan fingerprint density at radius 3 is 2.21 bits per heavy atom. The van der Waals surface area contributed by atoms with Gasteiger partial charge in [0, 0.05) is 62.9 Å². The third-order valence-corrected chi connectivity index (χ3v) is 6.83. The molecule has 0 aliphatic carbocycles. The van der Waals surface area contributed by atoms with E-state index in [0.29, 0.717) is 28.4 Å². The van der Waals surface area contributed by atoms with E-state index in [1.54, 1.807) is 51.0 Å². The SMILES string of the molecule is CCN1CCN(Cc2ccc(NC(=O)Oc3ccc(-c4cc(OC)cc(OC)c4)c4nccnc34)nc2)CC1. The van der Waals surface area contributed by atoms with Crippen LogP contribution in [0, 0.1) is 0 Å². The van der Waals surface area contributed by atoms with Gasteiger partial charge in [0.05, 0.1) is 14.2 Å². The zero-order valence-corrected chi connectivity index (χ0v) is 22.4. The molecule has 1 N–H and O–H groups in total. The standard InChI is InChI=1S/C29H32N6O4/c1-4-34-11-13-35(14-12-34)19-20-5-8-26(32-18-20)33-29(36)39-25-7-6-24(27-28(25)31-10-9-30-27)21-15-22(37-2)17-23(16-21)38-3/h5-10,15-18H,4,11-14,19H2,1-3H3,(H,32,33,36). The number of hydrogen-bond donors (Lipinski definition) is 1. The Kier molecular flexibility index (Phi) is 8.14. The molecule has 1 aliphatic heterocycles. The number of nitrogens with zero attached hydrogens (tertiary/aromatic N) is 5. The Bertz CT molecular complexity index is 1420. The van der Waals surface area contributed by atoms with Crippen LogP contribution in [0.25, 0.3) is 22.2 Å². The van der Waals surface area contributed by atoms with E-state index in [9.17, 15) is 4.79 Å². The summed E-state index contributed by atoms with van der Waals surface area (Å²) in [5.41, 5.74) is 3.78. The maximum atomic E-state index is 12.7. The molecule has 0 spiro atoms. The van der Waals surface area contributed by atoms with Crippen molar-refractivity contribution in [3.63, 3.8) is 0 Å². The molecule has 0 radical (unpaired) electrons. The number of aromatic nitrogens is 3. The summed E-state index contributed by atoms with van der Waals surface area (Å²) in [5, 5.41) is 2.70. The Labute approximate surface area is 227 Å². The fraction of sp³-hybridized carbons (Fsp3) is 0.310. The van der Waals surface area contributed by atoms with Crippen molar-refractivity contribution in [1.29, 1.82) is 0 Å². The van der Waals surface area contributed by atoms with E-state index in [1.807, 2.05) is 24.3 Å². The molecule has 2 aromatic carbocycles. The second-order valence-corrected chi connectivity index (χ2v) is 9.24. The van der Waals surface area contributed by atoms with E-state index >= 15 is 0 Å². The van der Waals surface area contributed by atoms with E-state index in [1.165, 1.54) is 0 Å². The molecule has 0 bridgehead atoms. The molecule has 0 saturated carbocycles. The Morgan fingerprint density at radius 2 is 1.56 bits per heavy atom. The molecule has 1 amide bonds. The monoisotopic (exact) mass is 528 g/mol. The lowest BCUT2D eigenvalue weighted by molar-refractivity contribution is 0.132. The molecule has 5 rings (SSSR count). The van der Waals surface area contributed by atoms with Crippen LogP contribution in [0.15, 0.2) is 61.1 Å². The average Bonchev–Trinajstić information content (AvgIpc) is 2.98. The number of amides is 1. The van der Waals surface area contributed by atoms with Crippen LogP contribution in [-0.2, 0) is 6.54 Å². The van der Waals surface area contributed by atoms with Crippen molar-refractivity contribution < 1.29 is 19.0 Å². The Hall–Kier alpha value is -4.28. The summed E-state index contributed by atoms with van der Waals surface area (Å²) in [7, 11) is 3.20. The number of nitrogens with one attached hydrogen (secondary N) is 1. The molecular formula is C29H32N6O4. The maximum absolute atomic E-state index is 12.7. The summed E-state index contributed by atoms with van der Waals surface area (Å²) in [5.74, 6) is 2.00. The second-order valence-electron chi connectivity index (χ2n) is 9.24. The molecule has 202 valence electrons. The van der Waals surface area contributed by atoms with Gasteiger partial charge in [0.2, 0.25) is 0 Å². The summed E-state index contributed by atoms with van der Waals surface area (Å²) in [6, 6.07) is 12.9. The predicted molar refractivity (Wildman–Crippen MR) is 149 cm³/mol. The third-order valence-electron chi connectivity index (χ3n) is 6.83. The number of carbonyl (C=O) groups excluding carboxylic acids is 1. The van der Waals surface area contributed by atoms with Crippen LogP contribution >= 0.6 is 0 Å². The van der Waals surface area contributed by atoms with Crippen molar-refractivity contribution in [1.82, 2.24) is 24.8 Å². The largest absolute Gasteiger partial charge is 0.497 e. The number of anilines is 1. The van der Waals surface area contributed by atoms with E-state index in [0.717, 1.165) is 56.0 Å². The highest BCUT2D eigenvalue weighted by Crippen LogP contribution is 2.36. The molecule has 10 heteroatoms. The van der Waals surface area contributed by atoms with Crippen LogP contribution in [-0.4, -0.2) is 77.8 Å². The van der Waals surface area contributed by atoms with Gasteiger partial charge in [-0.15, -0.1) is 0 Å². The van der Waals surface area contributed by atoms with Crippen molar-refractivity contribution in [2.24, 2.45) is 0 Å². The molecule has 1 saturated heterocycles. The first-order valence-corrected chi connectivity index (χ1v) is 12.9. The topological polar surface area (TPSA) is 102 Å². The maximum Gasteiger partial charge on any atom is 0.418 e. The Balaban J connectivity index is 1.28. The first-order valence-electron chi connectivity index (χ1n) is 12.9. The van der Waals surface area contributed by atoms with Gasteiger partial charge >= 0.3 is 6.09 Å². The van der Waals surface area contributed by atoms with E-state index in [4.69, 9.17) is 14.2 Å². The zero-order chi connectivity index (χ0) is 27.2. The second kappa shape index (κ2) is 12.1. The summed E-state index contributed by atoms with van der Waals surface area (Å²) < 4.78 is 16.5. The van der Waals surface area contributed by atoms with Crippen molar-refractivity contribution >= 4 is 22.9 Å². The predicted octanol–water partition coefficient (Wildman–Crippen LogP) is 4.46. The van der Waals surface area contributed by atoms with Gasteiger partial charge in [-0.25, -0.2) is 14.8 Å². The molecule has 1 fully saturated rings. The van der Waals surface area contributed by atoms with Gasteiger partial charge in [0.25, 0.3) is 0 Å². The number of ether oxygens (including phenoxy) is 3. The van der Waals surface area contributed by atoms with Crippen LogP contribution in [0.3, 0.4) is 0 Å². The number of likely N-dealkylation sites (N-methyl/N-ethyl adjacent to an activating group) is 1. The number of pyridine rings is 1. The van der Waals surface area contributed by atoms with Crippen molar-refractivity contribution in [2.45, 2.75) is 13.5 Å². The van der Waals surface area contributed by atoms with Crippen LogP contribution in [0.2, 0.25) is 0 Å². The quantitative estimate of drug-likeness (QED) is 0.355. The number of methoxy groups -OCH3 is 2. The normalized spacial score (nSPS) is 14.2. The number of fused-ring (bicyclic) bond motifs is 1. The number of hydrogen-bond acceptors (Lipinski definition) is 9. The van der Waals surface area contributed by atoms with E-state index in [2.05, 4.69) is 37.0 Å². The van der Waals surface area contributed by atoms with Crippen LogP contribution in [0.1, 0.15) is 12.5 Å². The van der Waals surface area contributed by atoms with Gasteiger partial charge < -0.3 is 19.1 Å². The van der Waals surface area contributed by atoms with Gasteiger partial charge in [0.15, 0.2) is 5.75 Å². The summed E-state index contributed by atoms with van der Waals surface area (Å²) in [6.45, 7) is 8.39. The van der Waals surface area contributed by atoms with E-state index in [-0.39, 0.29) is 5.75 Å². The lowest BCUT2D eigenvalue weighted by Crippen LogP contribution is -2.45. The lowest BCUT2D eigenvalue weighted by Gasteiger charge is -2.33. The summed E-state index contributed by atoms with van der Waals surface area (Å²) in [4.78, 5) is 31.0. The Morgan fingerprint density at radius 1 is 0.872 bits per heavy atom. The fourth-order valence-corrected chi connectivity index (χ4v) is 4.65. The fourth-order valence-electron chi connectivity index (χ4n) is 4.65. The lowest BCUT2D eigenvalue weighted by atomic mass is 10.0. The molecule has 1 aliphatic rings.